The molecule has 1 saturated heterocycles. The predicted octanol–water partition coefficient (Wildman–Crippen LogP) is 2.75. The minimum absolute atomic E-state index is 0.0125. The number of amides is 2. The number of pyridine rings is 1. The Balaban J connectivity index is 1.56. The van der Waals surface area contributed by atoms with Gasteiger partial charge in [-0.15, -0.1) is 0 Å². The fourth-order valence-electron chi connectivity index (χ4n) is 3.42. The van der Waals surface area contributed by atoms with Gasteiger partial charge in [-0.2, -0.15) is 0 Å². The molecule has 24 heavy (non-hydrogen) atoms. The van der Waals surface area contributed by atoms with E-state index in [1.165, 1.54) is 0 Å². The number of nitrogens with zero attached hydrogens (tertiary/aromatic N) is 2. The number of carbonyl (C=O) groups is 2. The highest BCUT2D eigenvalue weighted by atomic mass is 16.2. The van der Waals surface area contributed by atoms with E-state index in [0.717, 1.165) is 49.9 Å². The number of hydrogen-bond acceptors (Lipinski definition) is 3. The van der Waals surface area contributed by atoms with Crippen LogP contribution in [0, 0.1) is 12.8 Å². The van der Waals surface area contributed by atoms with Crippen molar-refractivity contribution in [2.75, 3.05) is 13.1 Å². The first kappa shape index (κ1) is 16.9. The summed E-state index contributed by atoms with van der Waals surface area (Å²) in [4.78, 5) is 30.8. The number of carbonyl (C=O) groups excluding carboxylic acids is 2. The summed E-state index contributed by atoms with van der Waals surface area (Å²) >= 11 is 0. The number of aryl methyl sites for hydroxylation is 1. The summed E-state index contributed by atoms with van der Waals surface area (Å²) < 4.78 is 0. The maximum Gasteiger partial charge on any atom is 0.222 e. The molecule has 1 aromatic heterocycles. The second-order valence-electron chi connectivity index (χ2n) is 7.03. The van der Waals surface area contributed by atoms with Crippen LogP contribution >= 0.6 is 0 Å². The van der Waals surface area contributed by atoms with Gasteiger partial charge in [-0.25, -0.2) is 0 Å². The fourth-order valence-corrected chi connectivity index (χ4v) is 3.42. The van der Waals surface area contributed by atoms with E-state index in [9.17, 15) is 9.59 Å². The van der Waals surface area contributed by atoms with E-state index in [2.05, 4.69) is 10.3 Å². The Morgan fingerprint density at radius 3 is 2.96 bits per heavy atom. The molecule has 0 radical (unpaired) electrons. The van der Waals surface area contributed by atoms with Gasteiger partial charge in [-0.3, -0.25) is 14.6 Å². The number of aromatic nitrogens is 1. The molecule has 1 N–H and O–H groups in total. The molecule has 0 aromatic carbocycles. The van der Waals surface area contributed by atoms with Crippen LogP contribution in [-0.4, -0.2) is 34.8 Å². The van der Waals surface area contributed by atoms with Crippen molar-refractivity contribution in [1.29, 1.82) is 0 Å². The average Bonchev–Trinajstić information content (AvgIpc) is 3.40. The van der Waals surface area contributed by atoms with Crippen LogP contribution < -0.4 is 5.32 Å². The summed E-state index contributed by atoms with van der Waals surface area (Å²) in [5.41, 5.74) is 2.11. The Labute approximate surface area is 143 Å². The maximum atomic E-state index is 12.4. The van der Waals surface area contributed by atoms with E-state index in [1.807, 2.05) is 24.0 Å². The number of rotatable bonds is 6. The smallest absolute Gasteiger partial charge is 0.222 e. The Bertz CT molecular complexity index is 598. The van der Waals surface area contributed by atoms with Crippen molar-refractivity contribution in [3.63, 3.8) is 0 Å². The van der Waals surface area contributed by atoms with Crippen molar-refractivity contribution in [3.8, 4) is 0 Å². The molecule has 1 aliphatic heterocycles. The molecule has 2 aliphatic rings. The number of nitrogens with one attached hydrogen (secondary N) is 1. The van der Waals surface area contributed by atoms with E-state index in [4.69, 9.17) is 0 Å². The zero-order chi connectivity index (χ0) is 16.9. The molecule has 0 spiro atoms. The third kappa shape index (κ3) is 4.34. The molecule has 1 atom stereocenters. The van der Waals surface area contributed by atoms with Crippen LogP contribution in [0.5, 0.6) is 0 Å². The molecule has 1 unspecified atom stereocenters. The van der Waals surface area contributed by atoms with E-state index in [-0.39, 0.29) is 17.9 Å². The van der Waals surface area contributed by atoms with Gasteiger partial charge in [0, 0.05) is 32.1 Å². The molecule has 3 rings (SSSR count). The van der Waals surface area contributed by atoms with E-state index in [0.29, 0.717) is 25.3 Å². The molecule has 2 fully saturated rings. The SMILES string of the molecule is Cc1cccnc1C(NC(=O)CCN1CCCCCC1=O)C1CC1. The lowest BCUT2D eigenvalue weighted by Crippen LogP contribution is -2.36. The summed E-state index contributed by atoms with van der Waals surface area (Å²) in [6.45, 7) is 3.36. The topological polar surface area (TPSA) is 62.3 Å². The van der Waals surface area contributed by atoms with E-state index in [1.54, 1.807) is 6.20 Å². The van der Waals surface area contributed by atoms with E-state index < -0.39 is 0 Å². The van der Waals surface area contributed by atoms with Gasteiger partial charge in [0.2, 0.25) is 11.8 Å². The summed E-state index contributed by atoms with van der Waals surface area (Å²) in [7, 11) is 0. The monoisotopic (exact) mass is 329 g/mol. The minimum atomic E-state index is 0.0125. The quantitative estimate of drug-likeness (QED) is 0.873. The van der Waals surface area contributed by atoms with Gasteiger partial charge in [-0.1, -0.05) is 12.5 Å². The van der Waals surface area contributed by atoms with Crippen LogP contribution in [0.4, 0.5) is 0 Å². The molecule has 5 nitrogen and oxygen atoms in total. The van der Waals surface area contributed by atoms with Crippen LogP contribution in [-0.2, 0) is 9.59 Å². The summed E-state index contributed by atoms with van der Waals surface area (Å²) in [6, 6.07) is 3.98. The highest BCUT2D eigenvalue weighted by Gasteiger charge is 2.35. The van der Waals surface area contributed by atoms with Crippen molar-refractivity contribution in [2.24, 2.45) is 5.92 Å². The first-order valence-electron chi connectivity index (χ1n) is 9.14. The van der Waals surface area contributed by atoms with Crippen LogP contribution in [0.15, 0.2) is 18.3 Å². The summed E-state index contributed by atoms with van der Waals surface area (Å²) in [6.07, 6.45) is 8.21. The lowest BCUT2D eigenvalue weighted by molar-refractivity contribution is -0.131. The Hall–Kier alpha value is -1.91. The van der Waals surface area contributed by atoms with Gasteiger partial charge < -0.3 is 10.2 Å². The van der Waals surface area contributed by atoms with Gasteiger partial charge in [0.25, 0.3) is 0 Å². The molecule has 130 valence electrons. The molecule has 0 bridgehead atoms. The lowest BCUT2D eigenvalue weighted by Gasteiger charge is -2.22. The van der Waals surface area contributed by atoms with Gasteiger partial charge >= 0.3 is 0 Å². The Morgan fingerprint density at radius 2 is 2.21 bits per heavy atom. The van der Waals surface area contributed by atoms with Crippen LogP contribution in [0.2, 0.25) is 0 Å². The molecule has 2 amide bonds. The molecule has 1 aliphatic carbocycles. The molecular formula is C19H27N3O2. The van der Waals surface area contributed by atoms with Gasteiger partial charge in [0.05, 0.1) is 11.7 Å². The summed E-state index contributed by atoms with van der Waals surface area (Å²) in [5.74, 6) is 0.719. The molecular weight excluding hydrogens is 302 g/mol. The van der Waals surface area contributed by atoms with Crippen molar-refractivity contribution in [3.05, 3.63) is 29.6 Å². The normalized spacial score (nSPS) is 19.7. The maximum absolute atomic E-state index is 12.4. The third-order valence-electron chi connectivity index (χ3n) is 5.03. The second kappa shape index (κ2) is 7.77. The molecule has 5 heteroatoms. The minimum Gasteiger partial charge on any atom is -0.347 e. The fraction of sp³-hybridized carbons (Fsp3) is 0.632. The second-order valence-corrected chi connectivity index (χ2v) is 7.03. The Kier molecular flexibility index (Phi) is 5.48. The molecule has 1 saturated carbocycles. The number of hydrogen-bond donors (Lipinski definition) is 1. The van der Waals surface area contributed by atoms with Crippen molar-refractivity contribution >= 4 is 11.8 Å². The Morgan fingerprint density at radius 1 is 1.38 bits per heavy atom. The molecule has 2 heterocycles. The predicted molar refractivity (Wildman–Crippen MR) is 92.2 cm³/mol. The molecule has 1 aromatic rings. The van der Waals surface area contributed by atoms with Crippen molar-refractivity contribution in [2.45, 2.75) is 57.9 Å². The standard InChI is InChI=1S/C19H27N3O2/c1-14-6-5-11-20-18(14)19(15-8-9-15)21-16(23)10-13-22-12-4-2-3-7-17(22)24/h5-6,11,15,19H,2-4,7-10,12-13H2,1H3,(H,21,23). The van der Waals surface area contributed by atoms with Gasteiger partial charge in [0.1, 0.15) is 0 Å². The van der Waals surface area contributed by atoms with Crippen LogP contribution in [0.25, 0.3) is 0 Å². The lowest BCUT2D eigenvalue weighted by atomic mass is 10.0. The van der Waals surface area contributed by atoms with Gasteiger partial charge in [0.15, 0.2) is 0 Å². The first-order chi connectivity index (χ1) is 11.6. The largest absolute Gasteiger partial charge is 0.347 e. The third-order valence-corrected chi connectivity index (χ3v) is 5.03. The highest BCUT2D eigenvalue weighted by molar-refractivity contribution is 5.79. The van der Waals surface area contributed by atoms with Crippen LogP contribution in [0.1, 0.15) is 62.2 Å². The first-order valence-corrected chi connectivity index (χ1v) is 9.14. The average molecular weight is 329 g/mol. The van der Waals surface area contributed by atoms with Crippen LogP contribution in [0.3, 0.4) is 0 Å². The summed E-state index contributed by atoms with van der Waals surface area (Å²) in [5, 5.41) is 3.17. The van der Waals surface area contributed by atoms with Crippen molar-refractivity contribution < 1.29 is 9.59 Å². The van der Waals surface area contributed by atoms with E-state index >= 15 is 0 Å². The number of likely N-dealkylation sites (tertiary alicyclic amines) is 1. The zero-order valence-corrected chi connectivity index (χ0v) is 14.5. The van der Waals surface area contributed by atoms with Gasteiger partial charge in [-0.05, 0) is 50.2 Å². The highest BCUT2D eigenvalue weighted by Crippen LogP contribution is 2.41. The zero-order valence-electron chi connectivity index (χ0n) is 14.5. The van der Waals surface area contributed by atoms with Crippen molar-refractivity contribution in [1.82, 2.24) is 15.2 Å².